The first-order valence-corrected chi connectivity index (χ1v) is 7.75. The third kappa shape index (κ3) is 2.38. The lowest BCUT2D eigenvalue weighted by Gasteiger charge is -2.12. The first-order chi connectivity index (χ1) is 11.6. The fourth-order valence-corrected chi connectivity index (χ4v) is 2.91. The van der Waals surface area contributed by atoms with Crippen LogP contribution in [0, 0.1) is 0 Å². The van der Waals surface area contributed by atoms with Gasteiger partial charge in [-0.15, -0.1) is 0 Å². The van der Waals surface area contributed by atoms with Crippen LogP contribution in [0.25, 0.3) is 11.1 Å². The van der Waals surface area contributed by atoms with Crippen LogP contribution in [-0.4, -0.2) is 30.9 Å². The van der Waals surface area contributed by atoms with Gasteiger partial charge in [0.05, 0.1) is 24.3 Å². The van der Waals surface area contributed by atoms with Crippen LogP contribution < -0.4 is 0 Å². The first kappa shape index (κ1) is 15.9. The van der Waals surface area contributed by atoms with Gasteiger partial charge in [0.1, 0.15) is 0 Å². The minimum Gasteiger partial charge on any atom is -0.462 e. The molecular formula is C19H16O5. The molecule has 122 valence electrons. The van der Waals surface area contributed by atoms with E-state index in [2.05, 4.69) is 0 Å². The Labute approximate surface area is 139 Å². The molecule has 0 radical (unpaired) electrons. The largest absolute Gasteiger partial charge is 0.462 e. The van der Waals surface area contributed by atoms with Crippen LogP contribution >= 0.6 is 0 Å². The van der Waals surface area contributed by atoms with Crippen molar-refractivity contribution in [3.8, 4) is 11.1 Å². The molecular weight excluding hydrogens is 308 g/mol. The van der Waals surface area contributed by atoms with E-state index in [1.165, 1.54) is 6.07 Å². The molecule has 0 N–H and O–H groups in total. The summed E-state index contributed by atoms with van der Waals surface area (Å²) in [6.07, 6.45) is 0. The maximum atomic E-state index is 12.8. The maximum Gasteiger partial charge on any atom is 0.339 e. The Morgan fingerprint density at radius 1 is 0.833 bits per heavy atom. The van der Waals surface area contributed by atoms with Gasteiger partial charge < -0.3 is 9.47 Å². The second-order valence-electron chi connectivity index (χ2n) is 5.23. The molecule has 24 heavy (non-hydrogen) atoms. The Hall–Kier alpha value is -2.95. The zero-order valence-electron chi connectivity index (χ0n) is 13.4. The van der Waals surface area contributed by atoms with Crippen molar-refractivity contribution in [1.82, 2.24) is 0 Å². The summed E-state index contributed by atoms with van der Waals surface area (Å²) in [5, 5.41) is 0. The van der Waals surface area contributed by atoms with Gasteiger partial charge in [0.15, 0.2) is 5.78 Å². The minimum atomic E-state index is -0.696. The van der Waals surface area contributed by atoms with Crippen LogP contribution in [0.4, 0.5) is 0 Å². The van der Waals surface area contributed by atoms with Gasteiger partial charge in [-0.1, -0.05) is 30.3 Å². The van der Waals surface area contributed by atoms with Crippen molar-refractivity contribution >= 4 is 17.7 Å². The van der Waals surface area contributed by atoms with Crippen LogP contribution in [-0.2, 0) is 9.47 Å². The fourth-order valence-electron chi connectivity index (χ4n) is 2.91. The second-order valence-corrected chi connectivity index (χ2v) is 5.23. The third-order valence-corrected chi connectivity index (χ3v) is 3.87. The summed E-state index contributed by atoms with van der Waals surface area (Å²) in [7, 11) is 0. The molecule has 5 nitrogen and oxygen atoms in total. The smallest absolute Gasteiger partial charge is 0.339 e. The molecule has 2 aromatic carbocycles. The Morgan fingerprint density at radius 3 is 2.12 bits per heavy atom. The topological polar surface area (TPSA) is 69.7 Å². The quantitative estimate of drug-likeness (QED) is 0.689. The first-order valence-electron chi connectivity index (χ1n) is 7.75. The van der Waals surface area contributed by atoms with E-state index in [0.717, 1.165) is 5.56 Å². The van der Waals surface area contributed by atoms with Gasteiger partial charge in [0, 0.05) is 11.1 Å². The molecule has 0 aromatic heterocycles. The van der Waals surface area contributed by atoms with Gasteiger partial charge in [-0.05, 0) is 31.0 Å². The van der Waals surface area contributed by atoms with E-state index in [4.69, 9.17) is 9.47 Å². The van der Waals surface area contributed by atoms with Crippen molar-refractivity contribution in [2.75, 3.05) is 13.2 Å². The van der Waals surface area contributed by atoms with Crippen molar-refractivity contribution in [3.05, 3.63) is 58.7 Å². The van der Waals surface area contributed by atoms with Crippen LogP contribution in [0.2, 0.25) is 0 Å². The number of benzene rings is 2. The molecule has 0 amide bonds. The van der Waals surface area contributed by atoms with Crippen molar-refractivity contribution < 1.29 is 23.9 Å². The number of hydrogen-bond donors (Lipinski definition) is 0. The van der Waals surface area contributed by atoms with Gasteiger partial charge in [0.2, 0.25) is 0 Å². The number of carbonyl (C=O) groups is 3. The van der Waals surface area contributed by atoms with Gasteiger partial charge in [-0.2, -0.15) is 0 Å². The van der Waals surface area contributed by atoms with E-state index in [1.807, 2.05) is 12.1 Å². The van der Waals surface area contributed by atoms with E-state index in [-0.39, 0.29) is 35.7 Å². The molecule has 1 aliphatic carbocycles. The molecule has 2 aromatic rings. The molecule has 0 atom stereocenters. The van der Waals surface area contributed by atoms with Gasteiger partial charge >= 0.3 is 11.9 Å². The Bertz CT molecular complexity index is 851. The zero-order valence-corrected chi connectivity index (χ0v) is 13.4. The average Bonchev–Trinajstić information content (AvgIpc) is 2.88. The van der Waals surface area contributed by atoms with E-state index in [0.29, 0.717) is 11.1 Å². The van der Waals surface area contributed by atoms with Crippen LogP contribution in [0.15, 0.2) is 36.4 Å². The SMILES string of the molecule is CCOC(=O)c1ccc2c(c1C(=O)OCC)C(=O)c1ccccc1-2. The summed E-state index contributed by atoms with van der Waals surface area (Å²) in [5.74, 6) is -1.62. The van der Waals surface area contributed by atoms with E-state index in [9.17, 15) is 14.4 Å². The van der Waals surface area contributed by atoms with Gasteiger partial charge in [-0.3, -0.25) is 4.79 Å². The van der Waals surface area contributed by atoms with Crippen molar-refractivity contribution in [2.45, 2.75) is 13.8 Å². The number of ether oxygens (including phenoxy) is 2. The Morgan fingerprint density at radius 2 is 1.46 bits per heavy atom. The highest BCUT2D eigenvalue weighted by molar-refractivity contribution is 6.26. The Balaban J connectivity index is 2.26. The molecule has 1 aliphatic rings. The highest BCUT2D eigenvalue weighted by Crippen LogP contribution is 2.39. The van der Waals surface area contributed by atoms with Crippen molar-refractivity contribution in [2.24, 2.45) is 0 Å². The second kappa shape index (κ2) is 6.28. The zero-order chi connectivity index (χ0) is 17.3. The maximum absolute atomic E-state index is 12.8. The van der Waals surface area contributed by atoms with Crippen molar-refractivity contribution in [1.29, 1.82) is 0 Å². The summed E-state index contributed by atoms with van der Waals surface area (Å²) < 4.78 is 10.1. The predicted octanol–water partition coefficient (Wildman–Crippen LogP) is 3.25. The van der Waals surface area contributed by atoms with Crippen LogP contribution in [0.1, 0.15) is 50.5 Å². The fraction of sp³-hybridized carbons (Fsp3) is 0.211. The highest BCUT2D eigenvalue weighted by atomic mass is 16.5. The minimum absolute atomic E-state index is 0.0194. The summed E-state index contributed by atoms with van der Waals surface area (Å²) in [4.78, 5) is 37.5. The number of fused-ring (bicyclic) bond motifs is 3. The number of esters is 2. The van der Waals surface area contributed by atoms with E-state index in [1.54, 1.807) is 32.0 Å². The molecule has 3 rings (SSSR count). The van der Waals surface area contributed by atoms with E-state index >= 15 is 0 Å². The lowest BCUT2D eigenvalue weighted by Crippen LogP contribution is -2.18. The molecule has 0 fully saturated rings. The molecule has 0 saturated carbocycles. The summed E-state index contributed by atoms with van der Waals surface area (Å²) in [6, 6.07) is 10.3. The number of rotatable bonds is 4. The average molecular weight is 324 g/mol. The molecule has 0 aliphatic heterocycles. The lowest BCUT2D eigenvalue weighted by molar-refractivity contribution is 0.0477. The molecule has 0 saturated heterocycles. The van der Waals surface area contributed by atoms with Crippen LogP contribution in [0.3, 0.4) is 0 Å². The number of ketones is 1. The van der Waals surface area contributed by atoms with Gasteiger partial charge in [-0.25, -0.2) is 9.59 Å². The molecule has 0 heterocycles. The predicted molar refractivity (Wildman–Crippen MR) is 87.2 cm³/mol. The standard InChI is InChI=1S/C19H16O5/c1-3-23-18(21)14-10-9-12-11-7-5-6-8-13(11)17(20)15(12)16(14)19(22)24-4-2/h5-10H,3-4H2,1-2H3. The molecule has 0 spiro atoms. The van der Waals surface area contributed by atoms with E-state index < -0.39 is 11.9 Å². The Kier molecular flexibility index (Phi) is 4.16. The molecule has 0 unspecified atom stereocenters. The summed E-state index contributed by atoms with van der Waals surface area (Å²) in [5.41, 5.74) is 2.13. The highest BCUT2D eigenvalue weighted by Gasteiger charge is 2.35. The van der Waals surface area contributed by atoms with Gasteiger partial charge in [0.25, 0.3) is 0 Å². The van der Waals surface area contributed by atoms with Crippen LogP contribution in [0.5, 0.6) is 0 Å². The monoisotopic (exact) mass is 324 g/mol. The van der Waals surface area contributed by atoms with Crippen molar-refractivity contribution in [3.63, 3.8) is 0 Å². The summed E-state index contributed by atoms with van der Waals surface area (Å²) in [6.45, 7) is 3.66. The molecule has 0 bridgehead atoms. The lowest BCUT2D eigenvalue weighted by atomic mass is 9.95. The molecule has 5 heteroatoms. The number of hydrogen-bond acceptors (Lipinski definition) is 5. The third-order valence-electron chi connectivity index (χ3n) is 3.87. The normalized spacial score (nSPS) is 11.7. The number of carbonyl (C=O) groups excluding carboxylic acids is 3. The summed E-state index contributed by atoms with van der Waals surface area (Å²) >= 11 is 0.